The highest BCUT2D eigenvalue weighted by Gasteiger charge is 1.69. The molecule has 0 saturated heterocycles. The third-order valence-corrected chi connectivity index (χ3v) is 2.00. The lowest BCUT2D eigenvalue weighted by molar-refractivity contribution is 0.736. The van der Waals surface area contributed by atoms with Crippen LogP contribution in [-0.2, 0) is 0 Å². The van der Waals surface area contributed by atoms with E-state index < -0.39 is 0 Å². The molecular formula is C37H73N7. The first-order chi connectivity index (χ1) is 18.9. The molecule has 4 rings (SSSR count). The fraction of sp³-hybridized carbons (Fsp3) is 0.541. The molecule has 0 saturated carbocycles. The summed E-state index contributed by atoms with van der Waals surface area (Å²) in [4.78, 5) is 18.6. The van der Waals surface area contributed by atoms with Crippen LogP contribution in [0.2, 0.25) is 0 Å². The van der Waals surface area contributed by atoms with E-state index in [0.29, 0.717) is 0 Å². The predicted octanol–water partition coefficient (Wildman–Crippen LogP) is 11.7. The van der Waals surface area contributed by atoms with E-state index in [1.54, 1.807) is 68.0 Å². The van der Waals surface area contributed by atoms with E-state index in [0.717, 1.165) is 23.7 Å². The van der Waals surface area contributed by atoms with Gasteiger partial charge in [-0.25, -0.2) is 9.97 Å². The first-order valence-electron chi connectivity index (χ1n) is 13.9. The van der Waals surface area contributed by atoms with Crippen molar-refractivity contribution in [2.24, 2.45) is 23.7 Å². The molecule has 7 nitrogen and oxygen atoms in total. The van der Waals surface area contributed by atoms with E-state index in [9.17, 15) is 0 Å². The first kappa shape index (κ1) is 59.7. The quantitative estimate of drug-likeness (QED) is 0.194. The molecule has 4 aromatic rings. The highest BCUT2D eigenvalue weighted by molar-refractivity contribution is 4.88. The average molecular weight is 616 g/mol. The molecule has 0 N–H and O–H groups in total. The molecule has 0 fully saturated rings. The van der Waals surface area contributed by atoms with Crippen LogP contribution in [-0.4, -0.2) is 35.1 Å². The molecule has 7 heteroatoms. The van der Waals surface area contributed by atoms with Gasteiger partial charge in [0.1, 0.15) is 6.33 Å². The molecule has 0 aliphatic rings. The van der Waals surface area contributed by atoms with Crippen LogP contribution >= 0.6 is 0 Å². The maximum atomic E-state index is 3.78. The van der Waals surface area contributed by atoms with Gasteiger partial charge in [-0.05, 0) is 54.0 Å². The highest BCUT2D eigenvalue weighted by atomic mass is 15.1. The minimum absolute atomic E-state index is 0. The molecule has 256 valence electrons. The second kappa shape index (κ2) is 55.3. The van der Waals surface area contributed by atoms with E-state index in [1.165, 1.54) is 6.33 Å². The third kappa shape index (κ3) is 129. The van der Waals surface area contributed by atoms with Crippen LogP contribution < -0.4 is 0 Å². The van der Waals surface area contributed by atoms with Crippen LogP contribution in [0, 0.1) is 23.7 Å². The molecule has 0 spiro atoms. The molecular weight excluding hydrogens is 542 g/mol. The van der Waals surface area contributed by atoms with Gasteiger partial charge >= 0.3 is 0 Å². The molecule has 0 aliphatic carbocycles. The van der Waals surface area contributed by atoms with Crippen molar-refractivity contribution >= 4 is 0 Å². The van der Waals surface area contributed by atoms with Gasteiger partial charge in [0, 0.05) is 62.0 Å². The first-order valence-corrected chi connectivity index (χ1v) is 13.9. The Hall–Kier alpha value is -3.61. The molecule has 4 aromatic heterocycles. The van der Waals surface area contributed by atoms with Crippen LogP contribution in [0.1, 0.15) is 113 Å². The SMILES string of the molecule is C.C.C.C.CC(C)C.CC(C)C.CC(C)C.CC(C)C.c1ccncc1.c1ccnnc1.c1cnccn1.c1cncnc1. The summed E-state index contributed by atoms with van der Waals surface area (Å²) in [5.74, 6) is 3.33. The molecule has 0 aromatic carbocycles. The Bertz CT molecular complexity index is 580. The van der Waals surface area contributed by atoms with E-state index in [1.807, 2.05) is 30.3 Å². The zero-order valence-electron chi connectivity index (χ0n) is 27.3. The molecule has 4 heterocycles. The lowest BCUT2D eigenvalue weighted by Crippen LogP contribution is -1.69. The van der Waals surface area contributed by atoms with Crippen LogP contribution in [0.5, 0.6) is 0 Å². The van der Waals surface area contributed by atoms with Gasteiger partial charge in [0.15, 0.2) is 0 Å². The average Bonchev–Trinajstić information content (AvgIpc) is 2.93. The summed E-state index contributed by atoms with van der Waals surface area (Å²) in [6.07, 6.45) is 18.2. The van der Waals surface area contributed by atoms with Crippen LogP contribution in [0.25, 0.3) is 0 Å². The summed E-state index contributed by atoms with van der Waals surface area (Å²) in [7, 11) is 0. The monoisotopic (exact) mass is 616 g/mol. The topological polar surface area (TPSA) is 90.2 Å². The van der Waals surface area contributed by atoms with Gasteiger partial charge in [-0.3, -0.25) is 15.0 Å². The summed E-state index contributed by atoms with van der Waals surface area (Å²) >= 11 is 0. The van der Waals surface area contributed by atoms with Crippen molar-refractivity contribution in [2.75, 3.05) is 0 Å². The van der Waals surface area contributed by atoms with E-state index in [-0.39, 0.29) is 29.7 Å². The van der Waals surface area contributed by atoms with E-state index in [4.69, 9.17) is 0 Å². The highest BCUT2D eigenvalue weighted by Crippen LogP contribution is 1.82. The zero-order valence-corrected chi connectivity index (χ0v) is 27.3. The minimum atomic E-state index is 0. The number of rotatable bonds is 0. The Morgan fingerprint density at radius 1 is 0.273 bits per heavy atom. The molecule has 0 atom stereocenters. The standard InChI is InChI=1S/C5H5N.3C4H4N2.4C4H10.4CH4/c1-2-4-6-5-3-1;1-2-6-4-3-5-1;1-2-5-4-6-3-1;1-2-4-6-5-3-1;4*1-4(2)3;;;;/h1-5H;3*1-4H;4*4H,1-3H3;4*1H4. The van der Waals surface area contributed by atoms with Gasteiger partial charge < -0.3 is 0 Å². The van der Waals surface area contributed by atoms with Gasteiger partial charge in [-0.15, -0.1) is 0 Å². The summed E-state index contributed by atoms with van der Waals surface area (Å²) in [5.41, 5.74) is 0. The van der Waals surface area contributed by atoms with Gasteiger partial charge in [-0.2, -0.15) is 10.2 Å². The van der Waals surface area contributed by atoms with Crippen molar-refractivity contribution in [3.8, 4) is 0 Å². The van der Waals surface area contributed by atoms with Crippen LogP contribution in [0.15, 0.2) is 105 Å². The summed E-state index contributed by atoms with van der Waals surface area (Å²) in [5, 5.41) is 7.07. The number of hydrogen-bond acceptors (Lipinski definition) is 7. The predicted molar refractivity (Wildman–Crippen MR) is 199 cm³/mol. The summed E-state index contributed by atoms with van der Waals surface area (Å²) < 4.78 is 0. The molecule has 0 amide bonds. The van der Waals surface area contributed by atoms with Gasteiger partial charge in [-0.1, -0.05) is 119 Å². The second-order valence-electron chi connectivity index (χ2n) is 10.7. The molecule has 0 bridgehead atoms. The smallest absolute Gasteiger partial charge is 0.115 e. The Labute approximate surface area is 275 Å². The Morgan fingerprint density at radius 3 is 0.591 bits per heavy atom. The normalized spacial score (nSPS) is 7.64. The zero-order chi connectivity index (χ0) is 31.3. The largest absolute Gasteiger partial charge is 0.265 e. The van der Waals surface area contributed by atoms with Crippen LogP contribution in [0.3, 0.4) is 0 Å². The van der Waals surface area contributed by atoms with Crippen molar-refractivity contribution in [3.05, 3.63) is 105 Å². The van der Waals surface area contributed by atoms with E-state index in [2.05, 4.69) is 118 Å². The van der Waals surface area contributed by atoms with Gasteiger partial charge in [0.25, 0.3) is 0 Å². The minimum Gasteiger partial charge on any atom is -0.265 e. The molecule has 0 radical (unpaired) electrons. The Kier molecular flexibility index (Phi) is 75.1. The maximum Gasteiger partial charge on any atom is 0.115 e. The molecule has 44 heavy (non-hydrogen) atoms. The summed E-state index contributed by atoms with van der Waals surface area (Å²) in [6.45, 7) is 26.0. The van der Waals surface area contributed by atoms with Gasteiger partial charge in [0.2, 0.25) is 0 Å². The van der Waals surface area contributed by atoms with Gasteiger partial charge in [0.05, 0.1) is 0 Å². The fourth-order valence-electron chi connectivity index (χ4n) is 1.07. The summed E-state index contributed by atoms with van der Waals surface area (Å²) in [6, 6.07) is 11.1. The Balaban J connectivity index is -0.0000000559. The van der Waals surface area contributed by atoms with E-state index >= 15 is 0 Å². The molecule has 0 aliphatic heterocycles. The van der Waals surface area contributed by atoms with Crippen LogP contribution in [0.4, 0.5) is 0 Å². The van der Waals surface area contributed by atoms with Crippen molar-refractivity contribution in [1.82, 2.24) is 35.1 Å². The number of pyridine rings is 1. The molecule has 0 unspecified atom stereocenters. The third-order valence-electron chi connectivity index (χ3n) is 2.00. The van der Waals surface area contributed by atoms with Crippen molar-refractivity contribution in [3.63, 3.8) is 0 Å². The maximum absolute atomic E-state index is 3.78. The van der Waals surface area contributed by atoms with Crippen molar-refractivity contribution < 1.29 is 0 Å². The fourth-order valence-corrected chi connectivity index (χ4v) is 1.07. The lowest BCUT2D eigenvalue weighted by atomic mass is 10.3. The lowest BCUT2D eigenvalue weighted by Gasteiger charge is -1.79. The van der Waals surface area contributed by atoms with Crippen molar-refractivity contribution in [1.29, 1.82) is 0 Å². The van der Waals surface area contributed by atoms with Crippen molar-refractivity contribution in [2.45, 2.75) is 113 Å². The Morgan fingerprint density at radius 2 is 0.500 bits per heavy atom. The number of hydrogen-bond donors (Lipinski definition) is 0. The second-order valence-corrected chi connectivity index (χ2v) is 10.7. The number of nitrogens with zero attached hydrogens (tertiary/aromatic N) is 7. The number of aromatic nitrogens is 7.